The third-order valence-corrected chi connectivity index (χ3v) is 6.23. The SMILES string of the molecule is CNCC(=O)Nc1cc(Cl)c2c(c1)CS(=O)(=O)c1cc(C(=O)OC)cc(C)c1O2. The number of amides is 1. The zero-order valence-corrected chi connectivity index (χ0v) is 17.5. The lowest BCUT2D eigenvalue weighted by Crippen LogP contribution is -2.25. The molecule has 0 saturated heterocycles. The molecular weight excluding hydrogens is 420 g/mol. The Kier molecular flexibility index (Phi) is 5.83. The molecule has 154 valence electrons. The first-order chi connectivity index (χ1) is 13.7. The quantitative estimate of drug-likeness (QED) is 0.706. The summed E-state index contributed by atoms with van der Waals surface area (Å²) < 4.78 is 36.7. The van der Waals surface area contributed by atoms with Crippen molar-refractivity contribution in [2.45, 2.75) is 17.6 Å². The number of carbonyl (C=O) groups is 2. The van der Waals surface area contributed by atoms with Gasteiger partial charge < -0.3 is 20.1 Å². The predicted molar refractivity (Wildman–Crippen MR) is 107 cm³/mol. The molecule has 0 spiro atoms. The molecule has 0 radical (unpaired) electrons. The van der Waals surface area contributed by atoms with Crippen LogP contribution in [0.5, 0.6) is 11.5 Å². The molecule has 2 aromatic carbocycles. The Bertz CT molecular complexity index is 1110. The maximum atomic E-state index is 13.0. The second kappa shape index (κ2) is 8.02. The second-order valence-electron chi connectivity index (χ2n) is 6.50. The van der Waals surface area contributed by atoms with Gasteiger partial charge in [-0.2, -0.15) is 0 Å². The van der Waals surface area contributed by atoms with Crippen molar-refractivity contribution in [3.8, 4) is 11.5 Å². The molecule has 3 rings (SSSR count). The minimum atomic E-state index is -3.87. The van der Waals surface area contributed by atoms with E-state index in [1.807, 2.05) is 0 Å². The van der Waals surface area contributed by atoms with E-state index in [4.69, 9.17) is 21.1 Å². The Labute approximate surface area is 173 Å². The van der Waals surface area contributed by atoms with Gasteiger partial charge in [0, 0.05) is 11.3 Å². The third-order valence-electron chi connectivity index (χ3n) is 4.29. The van der Waals surface area contributed by atoms with E-state index in [9.17, 15) is 18.0 Å². The van der Waals surface area contributed by atoms with E-state index in [1.54, 1.807) is 14.0 Å². The molecule has 0 saturated carbocycles. The number of hydrogen-bond donors (Lipinski definition) is 2. The van der Waals surface area contributed by atoms with E-state index >= 15 is 0 Å². The van der Waals surface area contributed by atoms with Gasteiger partial charge in [0.05, 0.1) is 30.0 Å². The van der Waals surface area contributed by atoms with E-state index < -0.39 is 21.6 Å². The van der Waals surface area contributed by atoms with Crippen LogP contribution in [-0.4, -0.2) is 41.0 Å². The Morgan fingerprint density at radius 1 is 1.21 bits per heavy atom. The van der Waals surface area contributed by atoms with Crippen molar-refractivity contribution in [3.05, 3.63) is 46.0 Å². The number of anilines is 1. The molecule has 0 aliphatic carbocycles. The molecule has 1 aliphatic heterocycles. The maximum Gasteiger partial charge on any atom is 0.337 e. The second-order valence-corrected chi connectivity index (χ2v) is 8.86. The van der Waals surface area contributed by atoms with Crippen LogP contribution in [0, 0.1) is 6.92 Å². The van der Waals surface area contributed by atoms with Gasteiger partial charge in [0.25, 0.3) is 0 Å². The van der Waals surface area contributed by atoms with Crippen LogP contribution in [0.2, 0.25) is 5.02 Å². The molecule has 2 aromatic rings. The number of sulfone groups is 1. The Morgan fingerprint density at radius 3 is 2.59 bits per heavy atom. The summed E-state index contributed by atoms with van der Waals surface area (Å²) in [5.74, 6) is -1.07. The number of ether oxygens (including phenoxy) is 2. The van der Waals surface area contributed by atoms with Crippen molar-refractivity contribution >= 4 is 39.0 Å². The molecule has 1 aliphatic rings. The fraction of sp³-hybridized carbons (Fsp3) is 0.263. The van der Waals surface area contributed by atoms with Gasteiger partial charge in [-0.05, 0) is 43.8 Å². The normalized spacial score (nSPS) is 14.1. The van der Waals surface area contributed by atoms with Gasteiger partial charge >= 0.3 is 5.97 Å². The number of fused-ring (bicyclic) bond motifs is 2. The first kappa shape index (κ1) is 21.1. The summed E-state index contributed by atoms with van der Waals surface area (Å²) in [7, 11) is -1.02. The number of esters is 1. The summed E-state index contributed by atoms with van der Waals surface area (Å²) in [4.78, 5) is 23.6. The van der Waals surface area contributed by atoms with E-state index in [-0.39, 0.29) is 39.4 Å². The van der Waals surface area contributed by atoms with Crippen LogP contribution in [0.1, 0.15) is 21.5 Å². The fourth-order valence-corrected chi connectivity index (χ4v) is 4.88. The summed E-state index contributed by atoms with van der Waals surface area (Å²) >= 11 is 6.34. The van der Waals surface area contributed by atoms with Crippen molar-refractivity contribution in [1.82, 2.24) is 5.32 Å². The molecule has 29 heavy (non-hydrogen) atoms. The number of aryl methyl sites for hydroxylation is 1. The van der Waals surface area contributed by atoms with Crippen LogP contribution in [0.15, 0.2) is 29.2 Å². The molecule has 2 N–H and O–H groups in total. The minimum absolute atomic E-state index is 0.0877. The molecule has 1 heterocycles. The predicted octanol–water partition coefficient (Wildman–Crippen LogP) is 2.67. The molecule has 0 aromatic heterocycles. The van der Waals surface area contributed by atoms with Crippen LogP contribution in [0.4, 0.5) is 5.69 Å². The van der Waals surface area contributed by atoms with Crippen molar-refractivity contribution in [1.29, 1.82) is 0 Å². The fourth-order valence-electron chi connectivity index (χ4n) is 3.03. The maximum absolute atomic E-state index is 13.0. The standard InChI is InChI=1S/C19H19ClN2O6S/c1-10-4-11(19(24)27-3)6-15-17(10)28-18-12(9-29(15,25)26)5-13(7-14(18)20)22-16(23)8-21-2/h4-7,21H,8-9H2,1-3H3,(H,22,23). The van der Waals surface area contributed by atoms with Gasteiger partial charge in [-0.15, -0.1) is 0 Å². The van der Waals surface area contributed by atoms with Gasteiger partial charge in [-0.1, -0.05) is 11.6 Å². The summed E-state index contributed by atoms with van der Waals surface area (Å²) in [5.41, 5.74) is 1.20. The highest BCUT2D eigenvalue weighted by Crippen LogP contribution is 2.44. The zero-order chi connectivity index (χ0) is 21.3. The van der Waals surface area contributed by atoms with Crippen LogP contribution >= 0.6 is 11.6 Å². The summed E-state index contributed by atoms with van der Waals surface area (Å²) in [6.45, 7) is 1.72. The van der Waals surface area contributed by atoms with Crippen LogP contribution in [0.3, 0.4) is 0 Å². The molecule has 0 fully saturated rings. The molecule has 10 heteroatoms. The van der Waals surface area contributed by atoms with Crippen molar-refractivity contribution < 1.29 is 27.5 Å². The van der Waals surface area contributed by atoms with Gasteiger partial charge in [-0.3, -0.25) is 4.79 Å². The van der Waals surface area contributed by atoms with E-state index in [0.29, 0.717) is 16.8 Å². The topological polar surface area (TPSA) is 111 Å². The van der Waals surface area contributed by atoms with Crippen LogP contribution in [0.25, 0.3) is 0 Å². The first-order valence-electron chi connectivity index (χ1n) is 8.56. The Balaban J connectivity index is 2.11. The number of hydrogen-bond acceptors (Lipinski definition) is 7. The largest absolute Gasteiger partial charge is 0.465 e. The summed E-state index contributed by atoms with van der Waals surface area (Å²) in [5, 5.41) is 5.52. The highest BCUT2D eigenvalue weighted by molar-refractivity contribution is 7.90. The molecule has 0 bridgehead atoms. The lowest BCUT2D eigenvalue weighted by atomic mass is 10.1. The molecule has 8 nitrogen and oxygen atoms in total. The summed E-state index contributed by atoms with van der Waals surface area (Å²) in [6, 6.07) is 5.72. The number of benzene rings is 2. The van der Waals surface area contributed by atoms with Crippen molar-refractivity contribution in [3.63, 3.8) is 0 Å². The van der Waals surface area contributed by atoms with Crippen molar-refractivity contribution in [2.24, 2.45) is 0 Å². The number of rotatable bonds is 4. The Morgan fingerprint density at radius 2 is 1.93 bits per heavy atom. The van der Waals surface area contributed by atoms with Crippen LogP contribution in [-0.2, 0) is 25.1 Å². The number of nitrogens with one attached hydrogen (secondary N) is 2. The highest BCUT2D eigenvalue weighted by Gasteiger charge is 2.31. The molecular formula is C19H19ClN2O6S. The summed E-state index contributed by atoms with van der Waals surface area (Å²) in [6.07, 6.45) is 0. The average Bonchev–Trinajstić information content (AvgIpc) is 2.75. The molecule has 1 amide bonds. The van der Waals surface area contributed by atoms with E-state index in [0.717, 1.165) is 0 Å². The monoisotopic (exact) mass is 438 g/mol. The van der Waals surface area contributed by atoms with E-state index in [2.05, 4.69) is 10.6 Å². The van der Waals surface area contributed by atoms with Crippen molar-refractivity contribution in [2.75, 3.05) is 26.0 Å². The van der Waals surface area contributed by atoms with Gasteiger partial charge in [0.1, 0.15) is 16.4 Å². The van der Waals surface area contributed by atoms with Gasteiger partial charge in [0.2, 0.25) is 5.91 Å². The molecule has 0 unspecified atom stereocenters. The van der Waals surface area contributed by atoms with Gasteiger partial charge in [0.15, 0.2) is 9.84 Å². The highest BCUT2D eigenvalue weighted by atomic mass is 35.5. The minimum Gasteiger partial charge on any atom is -0.465 e. The zero-order valence-electron chi connectivity index (χ0n) is 16.0. The first-order valence-corrected chi connectivity index (χ1v) is 10.6. The lowest BCUT2D eigenvalue weighted by molar-refractivity contribution is -0.115. The number of carbonyl (C=O) groups excluding carboxylic acids is 2. The third kappa shape index (κ3) is 4.21. The number of likely N-dealkylation sites (N-methyl/N-ethyl adjacent to an activating group) is 1. The Hall–Kier alpha value is -2.62. The smallest absolute Gasteiger partial charge is 0.337 e. The average molecular weight is 439 g/mol. The van der Waals surface area contributed by atoms with Gasteiger partial charge in [-0.25, -0.2) is 13.2 Å². The van der Waals surface area contributed by atoms with E-state index in [1.165, 1.54) is 31.4 Å². The van der Waals surface area contributed by atoms with Crippen LogP contribution < -0.4 is 15.4 Å². The number of halogens is 1. The lowest BCUT2D eigenvalue weighted by Gasteiger charge is -2.14. The number of methoxy groups -OCH3 is 1. The molecule has 0 atom stereocenters.